The predicted octanol–water partition coefficient (Wildman–Crippen LogP) is 2.70. The average molecular weight is 311 g/mol. The molecule has 1 N–H and O–H groups in total. The number of carbonyl (C=O) groups excluding carboxylic acids is 1. The fraction of sp³-hybridized carbons (Fsp3) is 0.133. The first-order chi connectivity index (χ1) is 10.7. The highest BCUT2D eigenvalue weighted by molar-refractivity contribution is 7.15. The molecule has 0 aliphatic heterocycles. The molecule has 3 rings (SSSR count). The van der Waals surface area contributed by atoms with Crippen LogP contribution in [0.5, 0.6) is 0 Å². The molecule has 1 amide bonds. The first-order valence-electron chi connectivity index (χ1n) is 6.78. The molecule has 0 radical (unpaired) electrons. The number of nitrogens with one attached hydrogen (secondary N) is 1. The maximum absolute atomic E-state index is 11.8. The van der Waals surface area contributed by atoms with E-state index >= 15 is 0 Å². The van der Waals surface area contributed by atoms with Gasteiger partial charge in [0.2, 0.25) is 11.0 Å². The lowest BCUT2D eigenvalue weighted by molar-refractivity contribution is -0.111. The van der Waals surface area contributed by atoms with Gasteiger partial charge in [-0.1, -0.05) is 30.4 Å². The first-order valence-corrected chi connectivity index (χ1v) is 7.59. The Morgan fingerprint density at radius 1 is 1.27 bits per heavy atom. The van der Waals surface area contributed by atoms with E-state index in [0.717, 1.165) is 22.5 Å². The number of hydrogen-bond donors (Lipinski definition) is 1. The Kier molecular flexibility index (Phi) is 4.15. The van der Waals surface area contributed by atoms with E-state index in [9.17, 15) is 4.79 Å². The minimum atomic E-state index is -0.270. The van der Waals surface area contributed by atoms with Gasteiger partial charge in [0.15, 0.2) is 0 Å². The molecule has 0 saturated heterocycles. The van der Waals surface area contributed by atoms with E-state index in [1.54, 1.807) is 12.3 Å². The van der Waals surface area contributed by atoms with Gasteiger partial charge < -0.3 is 0 Å². The number of aryl methyl sites for hydroxylation is 1. The van der Waals surface area contributed by atoms with Crippen molar-refractivity contribution in [3.8, 4) is 0 Å². The number of benzene rings is 1. The monoisotopic (exact) mass is 311 g/mol. The summed E-state index contributed by atoms with van der Waals surface area (Å²) in [7, 11) is 0. The molecule has 0 bridgehead atoms. The van der Waals surface area contributed by atoms with Crippen molar-refractivity contribution in [2.45, 2.75) is 13.3 Å². The topological polar surface area (TPSA) is 80.7 Å². The minimum Gasteiger partial charge on any atom is -0.297 e. The van der Waals surface area contributed by atoms with Crippen molar-refractivity contribution in [2.75, 3.05) is 5.32 Å². The number of para-hydroxylation sites is 2. The Morgan fingerprint density at radius 2 is 2.09 bits per heavy atom. The number of amides is 1. The van der Waals surface area contributed by atoms with E-state index in [4.69, 9.17) is 0 Å². The zero-order valence-corrected chi connectivity index (χ0v) is 12.7. The zero-order valence-electron chi connectivity index (χ0n) is 11.9. The van der Waals surface area contributed by atoms with Crippen molar-refractivity contribution in [2.24, 2.45) is 0 Å². The van der Waals surface area contributed by atoms with Crippen molar-refractivity contribution in [3.63, 3.8) is 0 Å². The SMILES string of the molecule is CCc1nnc(NC(=O)C=Cc2cnc3ccccc3n2)s1. The van der Waals surface area contributed by atoms with Gasteiger partial charge in [-0.3, -0.25) is 15.1 Å². The molecule has 0 fully saturated rings. The summed E-state index contributed by atoms with van der Waals surface area (Å²) in [6.07, 6.45) is 5.46. The van der Waals surface area contributed by atoms with Crippen LogP contribution in [0, 0.1) is 0 Å². The van der Waals surface area contributed by atoms with Crippen LogP contribution in [0.4, 0.5) is 5.13 Å². The van der Waals surface area contributed by atoms with Crippen molar-refractivity contribution < 1.29 is 4.79 Å². The largest absolute Gasteiger partial charge is 0.297 e. The van der Waals surface area contributed by atoms with Gasteiger partial charge in [0.25, 0.3) is 0 Å². The Hall–Kier alpha value is -2.67. The Balaban J connectivity index is 1.70. The summed E-state index contributed by atoms with van der Waals surface area (Å²) in [5.41, 5.74) is 2.24. The van der Waals surface area contributed by atoms with Crippen molar-refractivity contribution >= 4 is 39.5 Å². The van der Waals surface area contributed by atoms with E-state index in [1.807, 2.05) is 31.2 Å². The molecular formula is C15H13N5OS. The van der Waals surface area contributed by atoms with Crippen LogP contribution in [-0.4, -0.2) is 26.1 Å². The third-order valence-electron chi connectivity index (χ3n) is 2.87. The number of nitrogens with zero attached hydrogens (tertiary/aromatic N) is 4. The van der Waals surface area contributed by atoms with Gasteiger partial charge in [-0.15, -0.1) is 10.2 Å². The van der Waals surface area contributed by atoms with E-state index in [2.05, 4.69) is 25.5 Å². The average Bonchev–Trinajstić information content (AvgIpc) is 3.00. The highest BCUT2D eigenvalue weighted by Crippen LogP contribution is 2.15. The smallest absolute Gasteiger partial charge is 0.250 e. The van der Waals surface area contributed by atoms with Crippen LogP contribution in [-0.2, 0) is 11.2 Å². The standard InChI is InChI=1S/C15H13N5OS/c1-2-14-19-20-15(22-14)18-13(21)8-7-10-9-16-11-5-3-4-6-12(11)17-10/h3-9H,2H2,1H3,(H,18,20,21). The van der Waals surface area contributed by atoms with E-state index < -0.39 is 0 Å². The first kappa shape index (κ1) is 14.3. The summed E-state index contributed by atoms with van der Waals surface area (Å²) in [5.74, 6) is -0.270. The van der Waals surface area contributed by atoms with E-state index in [1.165, 1.54) is 17.4 Å². The van der Waals surface area contributed by atoms with Gasteiger partial charge in [-0.05, 0) is 24.6 Å². The minimum absolute atomic E-state index is 0.270. The van der Waals surface area contributed by atoms with Gasteiger partial charge in [-0.25, -0.2) is 4.98 Å². The molecule has 22 heavy (non-hydrogen) atoms. The van der Waals surface area contributed by atoms with Crippen molar-refractivity contribution in [1.29, 1.82) is 0 Å². The molecule has 1 aromatic carbocycles. The number of carbonyl (C=O) groups is 1. The summed E-state index contributed by atoms with van der Waals surface area (Å²) in [5, 5.41) is 11.9. The number of aromatic nitrogens is 4. The second-order valence-electron chi connectivity index (χ2n) is 4.46. The molecule has 6 nitrogen and oxygen atoms in total. The molecule has 7 heteroatoms. The molecule has 110 valence electrons. The van der Waals surface area contributed by atoms with Gasteiger partial charge >= 0.3 is 0 Å². The third-order valence-corrected chi connectivity index (χ3v) is 3.86. The van der Waals surface area contributed by atoms with Crippen LogP contribution in [0.15, 0.2) is 36.5 Å². The second-order valence-corrected chi connectivity index (χ2v) is 5.52. The zero-order chi connectivity index (χ0) is 15.4. The van der Waals surface area contributed by atoms with Gasteiger partial charge in [0.1, 0.15) is 5.01 Å². The van der Waals surface area contributed by atoms with Crippen LogP contribution >= 0.6 is 11.3 Å². The van der Waals surface area contributed by atoms with Crippen molar-refractivity contribution in [3.05, 3.63) is 47.2 Å². The number of anilines is 1. The van der Waals surface area contributed by atoms with Crippen LogP contribution < -0.4 is 5.32 Å². The summed E-state index contributed by atoms with van der Waals surface area (Å²) < 4.78 is 0. The maximum Gasteiger partial charge on any atom is 0.250 e. The normalized spacial score (nSPS) is 11.1. The number of hydrogen-bond acceptors (Lipinski definition) is 6. The van der Waals surface area contributed by atoms with Crippen LogP contribution in [0.3, 0.4) is 0 Å². The molecule has 2 heterocycles. The summed E-state index contributed by atoms with van der Waals surface area (Å²) >= 11 is 1.37. The summed E-state index contributed by atoms with van der Waals surface area (Å²) in [4.78, 5) is 20.5. The molecule has 0 aliphatic rings. The Labute approximate surface area is 131 Å². The van der Waals surface area contributed by atoms with Crippen LogP contribution in [0.2, 0.25) is 0 Å². The Morgan fingerprint density at radius 3 is 2.86 bits per heavy atom. The second kappa shape index (κ2) is 6.40. The van der Waals surface area contributed by atoms with Gasteiger partial charge in [0, 0.05) is 6.08 Å². The van der Waals surface area contributed by atoms with Gasteiger partial charge in [0.05, 0.1) is 22.9 Å². The fourth-order valence-corrected chi connectivity index (χ4v) is 2.49. The Bertz CT molecular complexity index is 843. The number of fused-ring (bicyclic) bond motifs is 1. The molecular weight excluding hydrogens is 298 g/mol. The molecule has 0 saturated carbocycles. The van der Waals surface area contributed by atoms with E-state index in [0.29, 0.717) is 10.8 Å². The molecule has 0 atom stereocenters. The molecule has 0 unspecified atom stereocenters. The van der Waals surface area contributed by atoms with Crippen LogP contribution in [0.25, 0.3) is 17.1 Å². The molecule has 3 aromatic rings. The quantitative estimate of drug-likeness (QED) is 0.749. The summed E-state index contributed by atoms with van der Waals surface area (Å²) in [6, 6.07) is 7.58. The molecule has 0 aliphatic carbocycles. The lowest BCUT2D eigenvalue weighted by atomic mass is 10.3. The van der Waals surface area contributed by atoms with Crippen molar-refractivity contribution in [1.82, 2.24) is 20.2 Å². The van der Waals surface area contributed by atoms with Gasteiger partial charge in [-0.2, -0.15) is 0 Å². The predicted molar refractivity (Wildman–Crippen MR) is 86.5 cm³/mol. The molecule has 0 spiro atoms. The van der Waals surface area contributed by atoms with E-state index in [-0.39, 0.29) is 5.91 Å². The highest BCUT2D eigenvalue weighted by atomic mass is 32.1. The van der Waals surface area contributed by atoms with Crippen LogP contribution in [0.1, 0.15) is 17.6 Å². The number of rotatable bonds is 4. The molecule has 2 aromatic heterocycles. The lowest BCUT2D eigenvalue weighted by Gasteiger charge is -1.98. The fourth-order valence-electron chi connectivity index (χ4n) is 1.81. The lowest BCUT2D eigenvalue weighted by Crippen LogP contribution is -2.07. The third kappa shape index (κ3) is 3.32. The maximum atomic E-state index is 11.8. The summed E-state index contributed by atoms with van der Waals surface area (Å²) in [6.45, 7) is 1.99. The highest BCUT2D eigenvalue weighted by Gasteiger charge is 2.04.